The summed E-state index contributed by atoms with van der Waals surface area (Å²) < 4.78 is 6.50. The number of rotatable bonds is 6. The van der Waals surface area contributed by atoms with Crippen LogP contribution in [0.25, 0.3) is 11.1 Å². The lowest BCUT2D eigenvalue weighted by atomic mass is 9.99. The van der Waals surface area contributed by atoms with E-state index in [9.17, 15) is 4.79 Å². The number of benzene rings is 2. The summed E-state index contributed by atoms with van der Waals surface area (Å²) in [6, 6.07) is 18.4. The molecule has 134 valence electrons. The van der Waals surface area contributed by atoms with Crippen molar-refractivity contribution in [3.05, 3.63) is 81.8 Å². The second-order valence-corrected chi connectivity index (χ2v) is 6.33. The molecule has 26 heavy (non-hydrogen) atoms. The highest BCUT2D eigenvalue weighted by Crippen LogP contribution is 2.22. The largest absolute Gasteiger partial charge is 0.380 e. The Morgan fingerprint density at radius 1 is 1.00 bits per heavy atom. The van der Waals surface area contributed by atoms with Crippen molar-refractivity contribution in [3.63, 3.8) is 0 Å². The van der Waals surface area contributed by atoms with Crippen LogP contribution < -0.4 is 11.3 Å². The lowest BCUT2D eigenvalue weighted by Gasteiger charge is -2.08. The van der Waals surface area contributed by atoms with E-state index in [4.69, 9.17) is 10.5 Å². The second-order valence-electron chi connectivity index (χ2n) is 6.33. The molecule has 0 atom stereocenters. The first kappa shape index (κ1) is 17.9. The molecule has 0 bridgehead atoms. The molecule has 2 aromatic carbocycles. The van der Waals surface area contributed by atoms with Crippen LogP contribution in [0.3, 0.4) is 0 Å². The Labute approximate surface area is 153 Å². The number of aromatic nitrogens is 2. The lowest BCUT2D eigenvalue weighted by Crippen LogP contribution is -2.21. The SMILES string of the molecule is COCc1ccc(-c2cccc(CCc3cc(=O)n(C)c(N)n3)c2)cc1. The number of hydrogen-bond acceptors (Lipinski definition) is 4. The molecule has 5 nitrogen and oxygen atoms in total. The third-order valence-electron chi connectivity index (χ3n) is 4.42. The number of hydrogen-bond donors (Lipinski definition) is 1. The fraction of sp³-hybridized carbons (Fsp3) is 0.238. The molecule has 0 fully saturated rings. The molecular formula is C21H23N3O2. The molecule has 0 aliphatic carbocycles. The van der Waals surface area contributed by atoms with E-state index in [-0.39, 0.29) is 11.5 Å². The molecule has 0 amide bonds. The standard InChI is InChI=1S/C21H23N3O2/c1-24-20(25)13-19(23-21(24)22)11-8-15-4-3-5-18(12-15)17-9-6-16(7-10-17)14-26-2/h3-7,9-10,12-13H,8,11,14H2,1-2H3,(H2,22,23). The summed E-state index contributed by atoms with van der Waals surface area (Å²) >= 11 is 0. The van der Waals surface area contributed by atoms with Gasteiger partial charge in [-0.05, 0) is 35.1 Å². The van der Waals surface area contributed by atoms with E-state index in [1.165, 1.54) is 21.3 Å². The Kier molecular flexibility index (Phi) is 5.49. The molecule has 1 aromatic heterocycles. The minimum absolute atomic E-state index is 0.127. The molecule has 0 saturated heterocycles. The van der Waals surface area contributed by atoms with Crippen molar-refractivity contribution in [1.82, 2.24) is 9.55 Å². The third-order valence-corrected chi connectivity index (χ3v) is 4.42. The normalized spacial score (nSPS) is 10.8. The maximum absolute atomic E-state index is 11.8. The van der Waals surface area contributed by atoms with Gasteiger partial charge in [0.1, 0.15) is 0 Å². The molecule has 0 radical (unpaired) electrons. The average molecular weight is 349 g/mol. The third kappa shape index (κ3) is 4.18. The van der Waals surface area contributed by atoms with E-state index in [1.54, 1.807) is 20.2 Å². The van der Waals surface area contributed by atoms with Crippen molar-refractivity contribution in [2.45, 2.75) is 19.4 Å². The molecule has 0 spiro atoms. The summed E-state index contributed by atoms with van der Waals surface area (Å²) in [5.74, 6) is 0.248. The maximum Gasteiger partial charge on any atom is 0.254 e. The van der Waals surface area contributed by atoms with Crippen molar-refractivity contribution in [3.8, 4) is 11.1 Å². The number of ether oxygens (including phenoxy) is 1. The molecule has 0 aliphatic rings. The molecule has 1 heterocycles. The van der Waals surface area contributed by atoms with Gasteiger partial charge in [0, 0.05) is 20.2 Å². The second kappa shape index (κ2) is 7.97. The van der Waals surface area contributed by atoms with E-state index in [1.807, 2.05) is 0 Å². The fourth-order valence-electron chi connectivity index (χ4n) is 2.87. The van der Waals surface area contributed by atoms with Crippen LogP contribution in [0.2, 0.25) is 0 Å². The number of nitrogens with two attached hydrogens (primary N) is 1. The van der Waals surface area contributed by atoms with Crippen LogP contribution in [-0.2, 0) is 31.2 Å². The molecule has 0 unspecified atom stereocenters. The van der Waals surface area contributed by atoms with Gasteiger partial charge in [-0.3, -0.25) is 9.36 Å². The van der Waals surface area contributed by atoms with Gasteiger partial charge in [0.2, 0.25) is 5.95 Å². The van der Waals surface area contributed by atoms with E-state index < -0.39 is 0 Å². The van der Waals surface area contributed by atoms with Crippen molar-refractivity contribution in [2.75, 3.05) is 12.8 Å². The topological polar surface area (TPSA) is 70.1 Å². The Bertz CT molecular complexity index is 946. The molecule has 0 saturated carbocycles. The van der Waals surface area contributed by atoms with Crippen LogP contribution in [0.1, 0.15) is 16.8 Å². The number of nitrogens with zero attached hydrogens (tertiary/aromatic N) is 2. The summed E-state index contributed by atoms with van der Waals surface area (Å²) in [4.78, 5) is 16.1. The van der Waals surface area contributed by atoms with Gasteiger partial charge < -0.3 is 10.5 Å². The smallest absolute Gasteiger partial charge is 0.254 e. The zero-order valence-corrected chi connectivity index (χ0v) is 15.1. The van der Waals surface area contributed by atoms with Gasteiger partial charge in [0.15, 0.2) is 0 Å². The van der Waals surface area contributed by atoms with Gasteiger partial charge in [-0.2, -0.15) is 0 Å². The monoisotopic (exact) mass is 349 g/mol. The maximum atomic E-state index is 11.8. The summed E-state index contributed by atoms with van der Waals surface area (Å²) in [5.41, 5.74) is 11.1. The minimum Gasteiger partial charge on any atom is -0.380 e. The first-order valence-corrected chi connectivity index (χ1v) is 8.56. The van der Waals surface area contributed by atoms with Gasteiger partial charge >= 0.3 is 0 Å². The fourth-order valence-corrected chi connectivity index (χ4v) is 2.87. The molecule has 0 aliphatic heterocycles. The van der Waals surface area contributed by atoms with Crippen molar-refractivity contribution < 1.29 is 4.74 Å². The van der Waals surface area contributed by atoms with Crippen LogP contribution in [0.4, 0.5) is 5.95 Å². The number of nitrogen functional groups attached to an aromatic ring is 1. The zero-order chi connectivity index (χ0) is 18.5. The van der Waals surface area contributed by atoms with Crippen LogP contribution >= 0.6 is 0 Å². The predicted octanol–water partition coefficient (Wildman–Crippen LogP) is 2.96. The Balaban J connectivity index is 1.74. The molecular weight excluding hydrogens is 326 g/mol. The summed E-state index contributed by atoms with van der Waals surface area (Å²) in [6.07, 6.45) is 1.48. The lowest BCUT2D eigenvalue weighted by molar-refractivity contribution is 0.185. The van der Waals surface area contributed by atoms with Gasteiger partial charge in [-0.25, -0.2) is 4.98 Å². The van der Waals surface area contributed by atoms with Crippen molar-refractivity contribution in [1.29, 1.82) is 0 Å². The highest BCUT2D eigenvalue weighted by Gasteiger charge is 2.05. The summed E-state index contributed by atoms with van der Waals surface area (Å²) in [5, 5.41) is 0. The number of aryl methyl sites for hydroxylation is 2. The molecule has 2 N–H and O–H groups in total. The van der Waals surface area contributed by atoms with Crippen molar-refractivity contribution >= 4 is 5.95 Å². The van der Waals surface area contributed by atoms with E-state index >= 15 is 0 Å². The zero-order valence-electron chi connectivity index (χ0n) is 15.1. The van der Waals surface area contributed by atoms with Gasteiger partial charge in [0.25, 0.3) is 5.56 Å². The van der Waals surface area contributed by atoms with Crippen LogP contribution in [0.15, 0.2) is 59.4 Å². The number of methoxy groups -OCH3 is 1. The first-order valence-electron chi connectivity index (χ1n) is 8.56. The van der Waals surface area contributed by atoms with Gasteiger partial charge in [-0.15, -0.1) is 0 Å². The van der Waals surface area contributed by atoms with E-state index in [2.05, 4.69) is 53.5 Å². The van der Waals surface area contributed by atoms with E-state index in [0.717, 1.165) is 17.7 Å². The summed E-state index contributed by atoms with van der Waals surface area (Å²) in [6.45, 7) is 0.618. The van der Waals surface area contributed by atoms with Crippen LogP contribution in [0, 0.1) is 0 Å². The predicted molar refractivity (Wildman–Crippen MR) is 104 cm³/mol. The van der Waals surface area contributed by atoms with Gasteiger partial charge in [-0.1, -0.05) is 48.5 Å². The van der Waals surface area contributed by atoms with Crippen molar-refractivity contribution in [2.24, 2.45) is 7.05 Å². The average Bonchev–Trinajstić information content (AvgIpc) is 2.65. The van der Waals surface area contributed by atoms with Crippen LogP contribution in [0.5, 0.6) is 0 Å². The minimum atomic E-state index is -0.127. The highest BCUT2D eigenvalue weighted by molar-refractivity contribution is 5.64. The molecule has 5 heteroatoms. The Morgan fingerprint density at radius 3 is 2.46 bits per heavy atom. The first-order chi connectivity index (χ1) is 12.6. The quantitative estimate of drug-likeness (QED) is 0.743. The highest BCUT2D eigenvalue weighted by atomic mass is 16.5. The van der Waals surface area contributed by atoms with Crippen LogP contribution in [-0.4, -0.2) is 16.7 Å². The molecule has 3 aromatic rings. The molecule has 3 rings (SSSR count). The Morgan fingerprint density at radius 2 is 1.77 bits per heavy atom. The van der Waals surface area contributed by atoms with Gasteiger partial charge in [0.05, 0.1) is 12.3 Å². The number of anilines is 1. The summed E-state index contributed by atoms with van der Waals surface area (Å²) in [7, 11) is 3.32. The Hall–Kier alpha value is -2.92. The van der Waals surface area contributed by atoms with E-state index in [0.29, 0.717) is 13.0 Å².